The van der Waals surface area contributed by atoms with E-state index in [1.54, 1.807) is 39.0 Å². The number of hydrogen-bond acceptors (Lipinski definition) is 4. The Kier molecular flexibility index (Phi) is 10.0. The number of carbonyl (C=O) groups is 3. The van der Waals surface area contributed by atoms with Crippen LogP contribution in [-0.4, -0.2) is 30.8 Å². The Morgan fingerprint density at radius 2 is 1.54 bits per heavy atom. The first-order valence-electron chi connectivity index (χ1n) is 12.2. The summed E-state index contributed by atoms with van der Waals surface area (Å²) < 4.78 is 30.7. The molecule has 0 aliphatic carbocycles. The van der Waals surface area contributed by atoms with Crippen LogP contribution in [0.25, 0.3) is 0 Å². The molecule has 0 heterocycles. The van der Waals surface area contributed by atoms with Crippen molar-refractivity contribution in [3.8, 4) is 5.75 Å². The molecular weight excluding hydrogens is 528 g/mol. The van der Waals surface area contributed by atoms with Gasteiger partial charge in [-0.1, -0.05) is 68.8 Å². The van der Waals surface area contributed by atoms with Gasteiger partial charge in [-0.2, -0.15) is 0 Å². The van der Waals surface area contributed by atoms with Crippen molar-refractivity contribution in [3.63, 3.8) is 0 Å². The van der Waals surface area contributed by atoms with Crippen molar-refractivity contribution >= 4 is 35.0 Å². The highest BCUT2D eigenvalue weighted by Crippen LogP contribution is 2.26. The van der Waals surface area contributed by atoms with Crippen molar-refractivity contribution < 1.29 is 27.9 Å². The van der Waals surface area contributed by atoms with Crippen molar-refractivity contribution in [1.29, 1.82) is 0 Å². The second-order valence-corrected chi connectivity index (χ2v) is 10.2. The summed E-state index contributed by atoms with van der Waals surface area (Å²) in [6.07, 6.45) is -2.73. The molecule has 0 bridgehead atoms. The summed E-state index contributed by atoms with van der Waals surface area (Å²) in [7, 11) is 0. The number of hydrogen-bond donors (Lipinski definition) is 3. The Morgan fingerprint density at radius 1 is 0.846 bits per heavy atom. The maximum absolute atomic E-state index is 13.1. The van der Waals surface area contributed by atoms with Crippen LogP contribution in [0.5, 0.6) is 5.75 Å². The van der Waals surface area contributed by atoms with Gasteiger partial charge in [0.05, 0.1) is 16.1 Å². The molecule has 206 valence electrons. The quantitative estimate of drug-likeness (QED) is 0.292. The molecule has 0 radical (unpaired) electrons. The van der Waals surface area contributed by atoms with Gasteiger partial charge in [0.15, 0.2) is 0 Å². The predicted octanol–water partition coefficient (Wildman–Crippen LogP) is 5.83. The first-order valence-corrected chi connectivity index (χ1v) is 12.6. The number of carbonyl (C=O) groups excluding carboxylic acids is 3. The minimum absolute atomic E-state index is 0.0193. The maximum Gasteiger partial charge on any atom is 0.272 e. The summed E-state index contributed by atoms with van der Waals surface area (Å²) in [4.78, 5) is 38.2. The second kappa shape index (κ2) is 13.2. The summed E-state index contributed by atoms with van der Waals surface area (Å²) in [6.45, 7) is 4.90. The number of rotatable bonds is 10. The highest BCUT2D eigenvalue weighted by atomic mass is 35.5. The van der Waals surface area contributed by atoms with E-state index in [0.29, 0.717) is 5.56 Å². The summed E-state index contributed by atoms with van der Waals surface area (Å²) in [6, 6.07) is 18.1. The lowest BCUT2D eigenvalue weighted by Crippen LogP contribution is -2.34. The lowest BCUT2D eigenvalue weighted by Gasteiger charge is -2.18. The van der Waals surface area contributed by atoms with Crippen LogP contribution in [0.4, 0.5) is 14.5 Å². The number of amides is 3. The van der Waals surface area contributed by atoms with Crippen LogP contribution < -0.4 is 20.7 Å². The van der Waals surface area contributed by atoms with E-state index >= 15 is 0 Å². The van der Waals surface area contributed by atoms with Crippen molar-refractivity contribution in [2.75, 3.05) is 11.9 Å². The van der Waals surface area contributed by atoms with Crippen molar-refractivity contribution in [2.24, 2.45) is 5.41 Å². The predicted molar refractivity (Wildman–Crippen MR) is 146 cm³/mol. The summed E-state index contributed by atoms with van der Waals surface area (Å²) in [5.41, 5.74) is 1.32. The van der Waals surface area contributed by atoms with Crippen LogP contribution in [0.2, 0.25) is 5.02 Å². The highest BCUT2D eigenvalue weighted by Gasteiger charge is 2.21. The number of halogens is 3. The molecule has 3 aromatic rings. The van der Waals surface area contributed by atoms with Gasteiger partial charge in [-0.15, -0.1) is 0 Å². The number of nitrogens with one attached hydrogen (secondary N) is 3. The standard InChI is InChI=1S/C29H30ClF2N3O4/c1-29(2,3)28(38)34-16-19-9-11-23(30)21(13-19)27(37)35-20-10-12-24(39-17-25(31)32)22(14-20)26(36)33-15-18-7-5-4-6-8-18/h4-14,25H,15-17H2,1-3H3,(H,33,36)(H,34,38)(H,35,37). The van der Waals surface area contributed by atoms with Crippen LogP contribution in [0.3, 0.4) is 0 Å². The first kappa shape index (κ1) is 29.6. The lowest BCUT2D eigenvalue weighted by atomic mass is 9.95. The SMILES string of the molecule is CC(C)(C)C(=O)NCc1ccc(Cl)c(C(=O)Nc2ccc(OCC(F)F)c(C(=O)NCc3ccccc3)c2)c1. The fourth-order valence-corrected chi connectivity index (χ4v) is 3.64. The van der Waals surface area contributed by atoms with E-state index in [9.17, 15) is 23.2 Å². The Morgan fingerprint density at radius 3 is 2.21 bits per heavy atom. The van der Waals surface area contributed by atoms with Crippen LogP contribution >= 0.6 is 11.6 Å². The molecular formula is C29H30ClF2N3O4. The van der Waals surface area contributed by atoms with E-state index in [0.717, 1.165) is 5.56 Å². The van der Waals surface area contributed by atoms with E-state index in [4.69, 9.17) is 16.3 Å². The van der Waals surface area contributed by atoms with Gasteiger partial charge in [-0.25, -0.2) is 8.78 Å². The van der Waals surface area contributed by atoms with E-state index in [1.807, 2.05) is 30.3 Å². The third-order valence-corrected chi connectivity index (χ3v) is 5.88. The van der Waals surface area contributed by atoms with E-state index in [-0.39, 0.29) is 46.6 Å². The lowest BCUT2D eigenvalue weighted by molar-refractivity contribution is -0.128. The molecule has 0 spiro atoms. The van der Waals surface area contributed by atoms with Crippen molar-refractivity contribution in [1.82, 2.24) is 10.6 Å². The second-order valence-electron chi connectivity index (χ2n) is 9.78. The van der Waals surface area contributed by atoms with Crippen molar-refractivity contribution in [2.45, 2.75) is 40.3 Å². The molecule has 3 rings (SSSR count). The molecule has 0 saturated carbocycles. The zero-order valence-electron chi connectivity index (χ0n) is 21.8. The number of ether oxygens (including phenoxy) is 1. The van der Waals surface area contributed by atoms with Gasteiger partial charge in [0.2, 0.25) is 5.91 Å². The molecule has 39 heavy (non-hydrogen) atoms. The summed E-state index contributed by atoms with van der Waals surface area (Å²) in [5, 5.41) is 8.42. The molecule has 3 aromatic carbocycles. The first-order chi connectivity index (χ1) is 18.4. The van der Waals surface area contributed by atoms with Gasteiger partial charge >= 0.3 is 0 Å². The molecule has 0 fully saturated rings. The molecule has 0 saturated heterocycles. The minimum atomic E-state index is -2.73. The van der Waals surface area contributed by atoms with Crippen LogP contribution in [-0.2, 0) is 17.9 Å². The van der Waals surface area contributed by atoms with Gasteiger partial charge < -0.3 is 20.7 Å². The molecule has 0 atom stereocenters. The fraction of sp³-hybridized carbons (Fsp3) is 0.276. The summed E-state index contributed by atoms with van der Waals surface area (Å²) in [5.74, 6) is -1.31. The molecule has 3 amide bonds. The average molecular weight is 558 g/mol. The topological polar surface area (TPSA) is 96.5 Å². The number of alkyl halides is 2. The summed E-state index contributed by atoms with van der Waals surface area (Å²) >= 11 is 6.27. The zero-order valence-corrected chi connectivity index (χ0v) is 22.6. The van der Waals surface area contributed by atoms with E-state index in [1.165, 1.54) is 18.2 Å². The highest BCUT2D eigenvalue weighted by molar-refractivity contribution is 6.34. The largest absolute Gasteiger partial charge is 0.487 e. The van der Waals surface area contributed by atoms with E-state index in [2.05, 4.69) is 16.0 Å². The van der Waals surface area contributed by atoms with Gasteiger partial charge in [-0.05, 0) is 41.5 Å². The third kappa shape index (κ3) is 8.78. The maximum atomic E-state index is 13.1. The van der Waals surface area contributed by atoms with Gasteiger partial charge in [0.1, 0.15) is 12.4 Å². The zero-order chi connectivity index (χ0) is 28.6. The smallest absolute Gasteiger partial charge is 0.272 e. The van der Waals surface area contributed by atoms with Gasteiger partial charge in [0, 0.05) is 24.2 Å². The monoisotopic (exact) mass is 557 g/mol. The van der Waals surface area contributed by atoms with Gasteiger partial charge in [-0.3, -0.25) is 14.4 Å². The van der Waals surface area contributed by atoms with Crippen LogP contribution in [0.1, 0.15) is 52.6 Å². The average Bonchev–Trinajstić information content (AvgIpc) is 2.90. The molecule has 10 heteroatoms. The van der Waals surface area contributed by atoms with Crippen LogP contribution in [0, 0.1) is 5.41 Å². The van der Waals surface area contributed by atoms with Gasteiger partial charge in [0.25, 0.3) is 18.2 Å². The Bertz CT molecular complexity index is 1330. The molecule has 7 nitrogen and oxygen atoms in total. The molecule has 0 aliphatic rings. The molecule has 0 aliphatic heterocycles. The van der Waals surface area contributed by atoms with Crippen molar-refractivity contribution in [3.05, 3.63) is 94.0 Å². The number of anilines is 1. The fourth-order valence-electron chi connectivity index (χ4n) is 3.44. The Hall–Kier alpha value is -3.98. The third-order valence-electron chi connectivity index (χ3n) is 5.55. The van der Waals surface area contributed by atoms with Crippen LogP contribution in [0.15, 0.2) is 66.7 Å². The Labute approximate surface area is 230 Å². The normalized spacial score (nSPS) is 11.2. The Balaban J connectivity index is 1.78. The molecule has 3 N–H and O–H groups in total. The minimum Gasteiger partial charge on any atom is -0.487 e. The number of benzene rings is 3. The molecule has 0 aromatic heterocycles. The molecule has 0 unspecified atom stereocenters. The van der Waals surface area contributed by atoms with E-state index < -0.39 is 30.3 Å².